The fourth-order valence-electron chi connectivity index (χ4n) is 1.36. The van der Waals surface area contributed by atoms with Gasteiger partial charge in [-0.25, -0.2) is 4.68 Å². The SMILES string of the molecule is N#CCCSc1nnc(-c2ccc(Cl)cc2)n1N. The van der Waals surface area contributed by atoms with E-state index in [0.717, 1.165) is 5.56 Å². The van der Waals surface area contributed by atoms with E-state index in [1.54, 1.807) is 12.1 Å². The molecule has 7 heteroatoms. The van der Waals surface area contributed by atoms with Crippen molar-refractivity contribution in [3.8, 4) is 17.5 Å². The molecule has 92 valence electrons. The maximum atomic E-state index is 8.47. The molecule has 5 nitrogen and oxygen atoms in total. The highest BCUT2D eigenvalue weighted by Gasteiger charge is 2.11. The molecule has 18 heavy (non-hydrogen) atoms. The molecule has 0 spiro atoms. The molecule has 1 aromatic carbocycles. The van der Waals surface area contributed by atoms with E-state index in [2.05, 4.69) is 16.3 Å². The number of hydrogen-bond donors (Lipinski definition) is 1. The zero-order valence-corrected chi connectivity index (χ0v) is 10.9. The van der Waals surface area contributed by atoms with Crippen molar-refractivity contribution >= 4 is 23.4 Å². The Bertz CT molecular complexity index is 572. The Morgan fingerprint density at radius 2 is 2.06 bits per heavy atom. The standard InChI is InChI=1S/C11H10ClN5S/c12-9-4-2-8(3-5-9)10-15-16-11(17(10)14)18-7-1-6-13/h2-5H,1,7,14H2. The Morgan fingerprint density at radius 1 is 1.33 bits per heavy atom. The van der Waals surface area contributed by atoms with E-state index in [1.807, 2.05) is 12.1 Å². The van der Waals surface area contributed by atoms with Gasteiger partial charge in [-0.15, -0.1) is 10.2 Å². The van der Waals surface area contributed by atoms with Gasteiger partial charge in [-0.05, 0) is 24.3 Å². The van der Waals surface area contributed by atoms with Gasteiger partial charge in [0.1, 0.15) is 0 Å². The van der Waals surface area contributed by atoms with Gasteiger partial charge in [0.15, 0.2) is 5.82 Å². The second-order valence-corrected chi connectivity index (χ2v) is 4.94. The third-order valence-electron chi connectivity index (χ3n) is 2.21. The minimum atomic E-state index is 0.452. The number of nitrogens with two attached hydrogens (primary N) is 1. The molecule has 0 radical (unpaired) electrons. The largest absolute Gasteiger partial charge is 0.335 e. The molecule has 0 saturated carbocycles. The summed E-state index contributed by atoms with van der Waals surface area (Å²) in [6, 6.07) is 9.28. The zero-order valence-electron chi connectivity index (χ0n) is 9.38. The van der Waals surface area contributed by atoms with Gasteiger partial charge in [-0.1, -0.05) is 23.4 Å². The summed E-state index contributed by atoms with van der Waals surface area (Å²) >= 11 is 7.23. The number of thioether (sulfide) groups is 1. The number of halogens is 1. The number of aromatic nitrogens is 3. The van der Waals surface area contributed by atoms with Crippen LogP contribution in [0.25, 0.3) is 11.4 Å². The lowest BCUT2D eigenvalue weighted by Crippen LogP contribution is -2.11. The van der Waals surface area contributed by atoms with Gasteiger partial charge in [0.2, 0.25) is 5.16 Å². The molecule has 0 bridgehead atoms. The summed E-state index contributed by atoms with van der Waals surface area (Å²) in [6.45, 7) is 0. The first-order chi connectivity index (χ1) is 8.72. The van der Waals surface area contributed by atoms with Gasteiger partial charge < -0.3 is 5.84 Å². The minimum absolute atomic E-state index is 0.452. The van der Waals surface area contributed by atoms with E-state index in [4.69, 9.17) is 22.7 Å². The molecule has 0 atom stereocenters. The smallest absolute Gasteiger partial charge is 0.210 e. The monoisotopic (exact) mass is 279 g/mol. The molecule has 1 heterocycles. The summed E-state index contributed by atoms with van der Waals surface area (Å²) in [4.78, 5) is 0. The number of hydrogen-bond acceptors (Lipinski definition) is 5. The Morgan fingerprint density at radius 3 is 2.72 bits per heavy atom. The van der Waals surface area contributed by atoms with Crippen LogP contribution in [0.5, 0.6) is 0 Å². The van der Waals surface area contributed by atoms with Gasteiger partial charge in [-0.2, -0.15) is 5.26 Å². The summed E-state index contributed by atoms with van der Waals surface area (Å²) in [5, 5.41) is 17.8. The predicted octanol–water partition coefficient (Wildman–Crippen LogP) is 2.32. The average molecular weight is 280 g/mol. The summed E-state index contributed by atoms with van der Waals surface area (Å²) in [5.74, 6) is 7.13. The van der Waals surface area contributed by atoms with Crippen LogP contribution in [0.3, 0.4) is 0 Å². The number of benzene rings is 1. The second kappa shape index (κ2) is 5.76. The Balaban J connectivity index is 2.20. The second-order valence-electron chi connectivity index (χ2n) is 3.44. The molecule has 0 fully saturated rings. The molecule has 1 aromatic heterocycles. The number of nitrogens with zero attached hydrogens (tertiary/aromatic N) is 4. The van der Waals surface area contributed by atoms with E-state index in [1.165, 1.54) is 16.4 Å². The van der Waals surface area contributed by atoms with E-state index >= 15 is 0 Å². The highest BCUT2D eigenvalue weighted by atomic mass is 35.5. The van der Waals surface area contributed by atoms with Crippen LogP contribution in [-0.4, -0.2) is 20.6 Å². The van der Waals surface area contributed by atoms with E-state index in [0.29, 0.717) is 28.2 Å². The normalized spacial score (nSPS) is 10.2. The van der Waals surface area contributed by atoms with Gasteiger partial charge in [0.25, 0.3) is 0 Å². The summed E-state index contributed by atoms with van der Waals surface area (Å²) < 4.78 is 1.42. The molecule has 2 aromatic rings. The van der Waals surface area contributed by atoms with E-state index in [-0.39, 0.29) is 0 Å². The van der Waals surface area contributed by atoms with Crippen LogP contribution in [0.15, 0.2) is 29.4 Å². The lowest BCUT2D eigenvalue weighted by molar-refractivity contribution is 0.849. The predicted molar refractivity (Wildman–Crippen MR) is 71.6 cm³/mol. The van der Waals surface area contributed by atoms with Crippen LogP contribution >= 0.6 is 23.4 Å². The van der Waals surface area contributed by atoms with Crippen molar-refractivity contribution in [2.24, 2.45) is 0 Å². The maximum absolute atomic E-state index is 8.47. The molecule has 0 amide bonds. The summed E-state index contributed by atoms with van der Waals surface area (Å²) in [7, 11) is 0. The van der Waals surface area contributed by atoms with E-state index in [9.17, 15) is 0 Å². The molecular formula is C11H10ClN5S. The average Bonchev–Trinajstić information content (AvgIpc) is 2.73. The first-order valence-corrected chi connectivity index (χ1v) is 6.55. The van der Waals surface area contributed by atoms with Crippen molar-refractivity contribution in [1.82, 2.24) is 14.9 Å². The summed E-state index contributed by atoms with van der Waals surface area (Å²) in [5.41, 5.74) is 0.849. The first kappa shape index (κ1) is 12.7. The van der Waals surface area contributed by atoms with Gasteiger partial charge >= 0.3 is 0 Å². The number of rotatable bonds is 4. The molecule has 0 saturated heterocycles. The van der Waals surface area contributed by atoms with Crippen LogP contribution in [0.1, 0.15) is 6.42 Å². The molecule has 2 rings (SSSR count). The van der Waals surface area contributed by atoms with Crippen molar-refractivity contribution in [2.75, 3.05) is 11.6 Å². The fourth-order valence-corrected chi connectivity index (χ4v) is 2.19. The first-order valence-electron chi connectivity index (χ1n) is 5.18. The molecular weight excluding hydrogens is 270 g/mol. The van der Waals surface area contributed by atoms with Gasteiger partial charge in [0, 0.05) is 22.8 Å². The maximum Gasteiger partial charge on any atom is 0.210 e. The topological polar surface area (TPSA) is 80.5 Å². The third-order valence-corrected chi connectivity index (χ3v) is 3.41. The van der Waals surface area contributed by atoms with Crippen molar-refractivity contribution < 1.29 is 0 Å². The minimum Gasteiger partial charge on any atom is -0.335 e. The lowest BCUT2D eigenvalue weighted by Gasteiger charge is -2.02. The van der Waals surface area contributed by atoms with Crippen LogP contribution in [0.4, 0.5) is 0 Å². The van der Waals surface area contributed by atoms with Gasteiger partial charge in [-0.3, -0.25) is 0 Å². The molecule has 0 aliphatic heterocycles. The van der Waals surface area contributed by atoms with Gasteiger partial charge in [0.05, 0.1) is 6.07 Å². The lowest BCUT2D eigenvalue weighted by atomic mass is 10.2. The summed E-state index contributed by atoms with van der Waals surface area (Å²) in [6.07, 6.45) is 0.452. The Hall–Kier alpha value is -1.71. The zero-order chi connectivity index (χ0) is 13.0. The molecule has 0 aliphatic rings. The van der Waals surface area contributed by atoms with Crippen molar-refractivity contribution in [2.45, 2.75) is 11.6 Å². The fraction of sp³-hybridized carbons (Fsp3) is 0.182. The van der Waals surface area contributed by atoms with Crippen molar-refractivity contribution in [1.29, 1.82) is 5.26 Å². The van der Waals surface area contributed by atoms with Crippen LogP contribution in [-0.2, 0) is 0 Å². The number of nitriles is 1. The van der Waals surface area contributed by atoms with Crippen molar-refractivity contribution in [3.05, 3.63) is 29.3 Å². The third kappa shape index (κ3) is 2.75. The highest BCUT2D eigenvalue weighted by Crippen LogP contribution is 2.23. The highest BCUT2D eigenvalue weighted by molar-refractivity contribution is 7.99. The molecule has 2 N–H and O–H groups in total. The number of nitrogen functional groups attached to an aromatic ring is 1. The van der Waals surface area contributed by atoms with E-state index < -0.39 is 0 Å². The van der Waals surface area contributed by atoms with Crippen LogP contribution < -0.4 is 5.84 Å². The Labute approximate surface area is 114 Å². The quantitative estimate of drug-likeness (QED) is 0.528. The Kier molecular flexibility index (Phi) is 4.07. The van der Waals surface area contributed by atoms with Crippen LogP contribution in [0, 0.1) is 11.3 Å². The molecule has 0 unspecified atom stereocenters. The molecule has 0 aliphatic carbocycles. The van der Waals surface area contributed by atoms with Crippen LogP contribution in [0.2, 0.25) is 5.02 Å². The van der Waals surface area contributed by atoms with Crippen molar-refractivity contribution in [3.63, 3.8) is 0 Å².